The molecule has 16 heavy (non-hydrogen) atoms. The molecule has 0 amide bonds. The van der Waals surface area contributed by atoms with Gasteiger partial charge in [-0.3, -0.25) is 9.59 Å². The molecule has 3 fully saturated rings. The molecule has 0 aliphatic heterocycles. The molecule has 90 valence electrons. The Kier molecular flexibility index (Phi) is 2.27. The van der Waals surface area contributed by atoms with Gasteiger partial charge >= 0.3 is 11.9 Å². The summed E-state index contributed by atoms with van der Waals surface area (Å²) in [4.78, 5) is 21.9. The number of fused-ring (bicyclic) bond motifs is 2. The van der Waals surface area contributed by atoms with E-state index in [0.717, 1.165) is 6.42 Å². The van der Waals surface area contributed by atoms with Gasteiger partial charge in [0.1, 0.15) is 0 Å². The number of rotatable bonds is 2. The van der Waals surface area contributed by atoms with Crippen molar-refractivity contribution in [2.75, 3.05) is 0 Å². The predicted octanol–water partition coefficient (Wildman–Crippen LogP) is 0.177. The molecule has 0 radical (unpaired) electrons. The molecule has 1 spiro atoms. The van der Waals surface area contributed by atoms with Crippen molar-refractivity contribution < 1.29 is 19.8 Å². The first kappa shape index (κ1) is 11.7. The molecule has 0 aromatic carbocycles. The van der Waals surface area contributed by atoms with Crippen LogP contribution in [-0.4, -0.2) is 28.2 Å². The topological polar surface area (TPSA) is 101 Å². The van der Waals surface area contributed by atoms with Gasteiger partial charge < -0.3 is 15.9 Å². The van der Waals surface area contributed by atoms with Crippen LogP contribution in [0, 0.1) is 29.1 Å². The van der Waals surface area contributed by atoms with Gasteiger partial charge in [-0.05, 0) is 30.1 Å². The number of hydrogen-bond acceptors (Lipinski definition) is 3. The molecular formula is C10H14ClNO4. The van der Waals surface area contributed by atoms with Crippen LogP contribution >= 0.6 is 12.4 Å². The lowest BCUT2D eigenvalue weighted by Gasteiger charge is -2.14. The fraction of sp³-hybridized carbons (Fsp3) is 0.800. The normalized spacial score (nSPS) is 51.7. The van der Waals surface area contributed by atoms with Crippen LogP contribution in [0.2, 0.25) is 0 Å². The lowest BCUT2D eigenvalue weighted by atomic mass is 9.90. The van der Waals surface area contributed by atoms with Crippen molar-refractivity contribution in [3.05, 3.63) is 0 Å². The van der Waals surface area contributed by atoms with E-state index >= 15 is 0 Å². The zero-order valence-corrected chi connectivity index (χ0v) is 9.31. The van der Waals surface area contributed by atoms with E-state index in [1.807, 2.05) is 0 Å². The van der Waals surface area contributed by atoms with E-state index in [9.17, 15) is 9.59 Å². The summed E-state index contributed by atoms with van der Waals surface area (Å²) in [6, 6.07) is 0.0266. The van der Waals surface area contributed by atoms with Gasteiger partial charge in [0, 0.05) is 6.04 Å². The molecule has 0 aromatic heterocycles. The number of carboxylic acids is 2. The maximum absolute atomic E-state index is 11.0. The molecule has 3 aliphatic carbocycles. The number of nitrogens with two attached hydrogens (primary N) is 1. The fourth-order valence-electron chi connectivity index (χ4n) is 3.80. The molecule has 5 nitrogen and oxygen atoms in total. The van der Waals surface area contributed by atoms with E-state index in [-0.39, 0.29) is 35.7 Å². The summed E-state index contributed by atoms with van der Waals surface area (Å²) in [5.74, 6) is -2.77. The summed E-state index contributed by atoms with van der Waals surface area (Å²) in [6.45, 7) is 0. The largest absolute Gasteiger partial charge is 0.481 e. The molecule has 0 heterocycles. The SMILES string of the molecule is Cl.NC1CC12CC(C(=O)O)C1C(C(=O)O)C12. The number of hydrogen-bond donors (Lipinski definition) is 3. The Hall–Kier alpha value is -0.810. The molecule has 6 unspecified atom stereocenters. The van der Waals surface area contributed by atoms with Gasteiger partial charge in [0.15, 0.2) is 0 Å². The molecule has 6 atom stereocenters. The average Bonchev–Trinajstić information content (AvgIpc) is 2.94. The number of carboxylic acid groups (broad SMARTS) is 2. The Morgan fingerprint density at radius 2 is 1.75 bits per heavy atom. The Balaban J connectivity index is 0.000000963. The van der Waals surface area contributed by atoms with Crippen LogP contribution in [0.15, 0.2) is 0 Å². The van der Waals surface area contributed by atoms with Crippen LogP contribution in [0.1, 0.15) is 12.8 Å². The molecule has 3 saturated carbocycles. The van der Waals surface area contributed by atoms with Crippen molar-refractivity contribution in [2.45, 2.75) is 18.9 Å². The highest BCUT2D eigenvalue weighted by atomic mass is 35.5. The van der Waals surface area contributed by atoms with Gasteiger partial charge in [-0.2, -0.15) is 0 Å². The summed E-state index contributed by atoms with van der Waals surface area (Å²) in [7, 11) is 0. The lowest BCUT2D eigenvalue weighted by Crippen LogP contribution is -2.23. The summed E-state index contributed by atoms with van der Waals surface area (Å²) in [6.07, 6.45) is 1.39. The summed E-state index contributed by atoms with van der Waals surface area (Å²) in [5, 5.41) is 18.0. The molecule has 6 heteroatoms. The Morgan fingerprint density at radius 1 is 1.19 bits per heavy atom. The van der Waals surface area contributed by atoms with Gasteiger partial charge in [0.25, 0.3) is 0 Å². The lowest BCUT2D eigenvalue weighted by molar-refractivity contribution is -0.144. The first-order valence-corrected chi connectivity index (χ1v) is 5.20. The van der Waals surface area contributed by atoms with Crippen LogP contribution in [-0.2, 0) is 9.59 Å². The standard InChI is InChI=1S/C10H13NO4.ClH/c11-4-2-10(4)1-3(8(12)13)5-6(7(5)10)9(14)15;/h3-7H,1-2,11H2,(H,12,13)(H,14,15);1H. The molecule has 3 rings (SSSR count). The third-order valence-corrected chi connectivity index (χ3v) is 4.58. The minimum atomic E-state index is -0.857. The number of aliphatic carboxylic acids is 2. The minimum Gasteiger partial charge on any atom is -0.481 e. The fourth-order valence-corrected chi connectivity index (χ4v) is 3.80. The van der Waals surface area contributed by atoms with Crippen molar-refractivity contribution >= 4 is 24.3 Å². The Morgan fingerprint density at radius 3 is 2.12 bits per heavy atom. The summed E-state index contributed by atoms with van der Waals surface area (Å²) >= 11 is 0. The van der Waals surface area contributed by atoms with E-state index < -0.39 is 23.8 Å². The van der Waals surface area contributed by atoms with E-state index in [0.29, 0.717) is 6.42 Å². The van der Waals surface area contributed by atoms with Crippen LogP contribution in [0.25, 0.3) is 0 Å². The zero-order valence-electron chi connectivity index (χ0n) is 8.50. The van der Waals surface area contributed by atoms with Crippen LogP contribution in [0.3, 0.4) is 0 Å². The Bertz CT molecular complexity index is 374. The third kappa shape index (κ3) is 1.16. The second kappa shape index (κ2) is 3.11. The molecule has 0 saturated heterocycles. The van der Waals surface area contributed by atoms with E-state index in [1.165, 1.54) is 0 Å². The quantitative estimate of drug-likeness (QED) is 0.646. The van der Waals surface area contributed by atoms with Crippen molar-refractivity contribution in [2.24, 2.45) is 34.8 Å². The van der Waals surface area contributed by atoms with Crippen LogP contribution in [0.5, 0.6) is 0 Å². The van der Waals surface area contributed by atoms with E-state index in [4.69, 9.17) is 15.9 Å². The van der Waals surface area contributed by atoms with Gasteiger partial charge in [0.2, 0.25) is 0 Å². The van der Waals surface area contributed by atoms with Crippen LogP contribution in [0.4, 0.5) is 0 Å². The highest BCUT2D eigenvalue weighted by molar-refractivity contribution is 5.85. The monoisotopic (exact) mass is 247 g/mol. The molecular weight excluding hydrogens is 234 g/mol. The second-order valence-corrected chi connectivity index (χ2v) is 5.16. The second-order valence-electron chi connectivity index (χ2n) is 5.16. The van der Waals surface area contributed by atoms with Gasteiger partial charge in [-0.25, -0.2) is 0 Å². The third-order valence-electron chi connectivity index (χ3n) is 4.58. The van der Waals surface area contributed by atoms with Crippen molar-refractivity contribution in [1.29, 1.82) is 0 Å². The maximum atomic E-state index is 11.0. The van der Waals surface area contributed by atoms with Crippen molar-refractivity contribution in [3.8, 4) is 0 Å². The first-order chi connectivity index (χ1) is 6.99. The highest BCUT2D eigenvalue weighted by Gasteiger charge is 2.79. The summed E-state index contributed by atoms with van der Waals surface area (Å²) < 4.78 is 0. The van der Waals surface area contributed by atoms with Crippen molar-refractivity contribution in [3.63, 3.8) is 0 Å². The Labute approximate surface area is 98.4 Å². The number of halogens is 1. The highest BCUT2D eigenvalue weighted by Crippen LogP contribution is 2.77. The molecule has 4 N–H and O–H groups in total. The first-order valence-electron chi connectivity index (χ1n) is 5.20. The average molecular weight is 248 g/mol. The van der Waals surface area contributed by atoms with Gasteiger partial charge in [0.05, 0.1) is 11.8 Å². The minimum absolute atomic E-state index is 0. The molecule has 3 aliphatic rings. The zero-order chi connectivity index (χ0) is 11.0. The van der Waals surface area contributed by atoms with Gasteiger partial charge in [-0.1, -0.05) is 0 Å². The van der Waals surface area contributed by atoms with Gasteiger partial charge in [-0.15, -0.1) is 12.4 Å². The predicted molar refractivity (Wildman–Crippen MR) is 56.1 cm³/mol. The maximum Gasteiger partial charge on any atom is 0.307 e. The summed E-state index contributed by atoms with van der Waals surface area (Å²) in [5.41, 5.74) is 5.68. The number of carbonyl (C=O) groups is 2. The van der Waals surface area contributed by atoms with Crippen LogP contribution < -0.4 is 5.73 Å². The smallest absolute Gasteiger partial charge is 0.307 e. The van der Waals surface area contributed by atoms with E-state index in [2.05, 4.69) is 0 Å². The van der Waals surface area contributed by atoms with E-state index in [1.54, 1.807) is 0 Å². The van der Waals surface area contributed by atoms with Crippen molar-refractivity contribution in [1.82, 2.24) is 0 Å². The molecule has 0 aromatic rings. The molecule has 0 bridgehead atoms.